The topological polar surface area (TPSA) is 109 Å². The van der Waals surface area contributed by atoms with Crippen LogP contribution in [0.3, 0.4) is 0 Å². The van der Waals surface area contributed by atoms with Crippen molar-refractivity contribution in [2.24, 2.45) is 0 Å². The smallest absolute Gasteiger partial charge is 0.410 e. The van der Waals surface area contributed by atoms with Crippen molar-refractivity contribution in [2.45, 2.75) is 89.6 Å². The fourth-order valence-corrected chi connectivity index (χ4v) is 6.45. The lowest BCUT2D eigenvalue weighted by Gasteiger charge is -2.39. The van der Waals surface area contributed by atoms with Gasteiger partial charge in [-0.25, -0.2) is 18.9 Å². The van der Waals surface area contributed by atoms with Crippen LogP contribution in [0.1, 0.15) is 65.8 Å². The SMILES string of the molecule is C[C@H](Oc1nc2c(F)c(Br)c(Cl)cc2c2c1nnn2[C@H]1CCN(C(=O)OC(C)(C)C)[C@H](CC#N)C1)[C@@H]1CCCN1C. The molecular weight excluding hydrogens is 617 g/mol. The van der Waals surface area contributed by atoms with E-state index in [4.69, 9.17) is 21.1 Å². The Morgan fingerprint density at radius 1 is 1.32 bits per heavy atom. The minimum absolute atomic E-state index is 0.0964. The summed E-state index contributed by atoms with van der Waals surface area (Å²) in [5.74, 6) is -0.390. The normalized spacial score (nSPS) is 22.7. The van der Waals surface area contributed by atoms with E-state index in [2.05, 4.69) is 49.2 Å². The largest absolute Gasteiger partial charge is 0.471 e. The average Bonchev–Trinajstić information content (AvgIpc) is 3.54. The lowest BCUT2D eigenvalue weighted by molar-refractivity contribution is 0.00557. The summed E-state index contributed by atoms with van der Waals surface area (Å²) < 4.78 is 29.4. The van der Waals surface area contributed by atoms with Crippen LogP contribution in [0.15, 0.2) is 10.5 Å². The van der Waals surface area contributed by atoms with Crippen LogP contribution in [0.2, 0.25) is 5.02 Å². The summed E-state index contributed by atoms with van der Waals surface area (Å²) in [6.45, 7) is 8.77. The van der Waals surface area contributed by atoms with Gasteiger partial charge in [0, 0.05) is 18.0 Å². The zero-order chi connectivity index (χ0) is 29.6. The number of likely N-dealkylation sites (tertiary alicyclic amines) is 2. The van der Waals surface area contributed by atoms with Crippen molar-refractivity contribution in [3.8, 4) is 11.9 Å². The third-order valence-corrected chi connectivity index (χ3v) is 9.21. The van der Waals surface area contributed by atoms with Crippen LogP contribution in [0.5, 0.6) is 5.88 Å². The van der Waals surface area contributed by atoms with Gasteiger partial charge in [0.25, 0.3) is 0 Å². The Morgan fingerprint density at radius 2 is 2.07 bits per heavy atom. The van der Waals surface area contributed by atoms with Gasteiger partial charge in [0.2, 0.25) is 5.88 Å². The maximum atomic E-state index is 15.6. The molecule has 2 fully saturated rings. The number of carbonyl (C=O) groups excluding carboxylic acids is 1. The Bertz CT molecular complexity index is 1520. The quantitative estimate of drug-likeness (QED) is 0.298. The number of amides is 1. The van der Waals surface area contributed by atoms with Gasteiger partial charge in [-0.2, -0.15) is 5.26 Å². The van der Waals surface area contributed by atoms with Gasteiger partial charge in [-0.1, -0.05) is 16.8 Å². The number of likely N-dealkylation sites (N-methyl/N-ethyl adjacent to an activating group) is 1. The molecule has 0 bridgehead atoms. The van der Waals surface area contributed by atoms with Gasteiger partial charge >= 0.3 is 6.09 Å². The monoisotopic (exact) mass is 649 g/mol. The van der Waals surface area contributed by atoms with Gasteiger partial charge in [-0.3, -0.25) is 4.90 Å². The van der Waals surface area contributed by atoms with Crippen LogP contribution in [0, 0.1) is 17.1 Å². The van der Waals surface area contributed by atoms with E-state index in [0.29, 0.717) is 35.8 Å². The number of halogens is 3. The van der Waals surface area contributed by atoms with Crippen LogP contribution in [0.4, 0.5) is 9.18 Å². The van der Waals surface area contributed by atoms with E-state index in [1.54, 1.807) is 15.6 Å². The number of aromatic nitrogens is 4. The van der Waals surface area contributed by atoms with Gasteiger partial charge in [0.05, 0.1) is 34.1 Å². The first-order valence-corrected chi connectivity index (χ1v) is 15.0. The summed E-state index contributed by atoms with van der Waals surface area (Å²) in [6, 6.07) is 3.44. The molecule has 4 heterocycles. The van der Waals surface area contributed by atoms with Gasteiger partial charge in [-0.05, 0) is 89.0 Å². The van der Waals surface area contributed by atoms with Crippen LogP contribution in [0.25, 0.3) is 21.9 Å². The van der Waals surface area contributed by atoms with Gasteiger partial charge in [0.15, 0.2) is 11.3 Å². The van der Waals surface area contributed by atoms with Gasteiger partial charge in [0.1, 0.15) is 22.7 Å². The second-order valence-corrected chi connectivity index (χ2v) is 13.1. The molecule has 10 nitrogen and oxygen atoms in total. The molecule has 1 amide bonds. The van der Waals surface area contributed by atoms with E-state index >= 15 is 4.39 Å². The molecule has 5 rings (SSSR count). The van der Waals surface area contributed by atoms with Crippen LogP contribution in [-0.2, 0) is 4.74 Å². The van der Waals surface area contributed by atoms with Crippen molar-refractivity contribution in [1.29, 1.82) is 5.26 Å². The second kappa shape index (κ2) is 11.5. The van der Waals surface area contributed by atoms with Crippen molar-refractivity contribution < 1.29 is 18.7 Å². The first kappa shape index (κ1) is 29.7. The van der Waals surface area contributed by atoms with Crippen LogP contribution in [-0.4, -0.2) is 79.8 Å². The molecular formula is C28H34BrClFN7O3. The van der Waals surface area contributed by atoms with E-state index in [-0.39, 0.29) is 51.5 Å². The van der Waals surface area contributed by atoms with E-state index in [1.807, 2.05) is 27.7 Å². The molecule has 0 radical (unpaired) electrons. The highest BCUT2D eigenvalue weighted by Gasteiger charge is 2.37. The number of piperidine rings is 1. The number of nitrogens with zero attached hydrogens (tertiary/aromatic N) is 7. The molecule has 0 aliphatic carbocycles. The minimum Gasteiger partial charge on any atom is -0.471 e. The fourth-order valence-electron chi connectivity index (χ4n) is 5.95. The predicted molar refractivity (Wildman–Crippen MR) is 156 cm³/mol. The maximum Gasteiger partial charge on any atom is 0.410 e. The average molecular weight is 651 g/mol. The highest BCUT2D eigenvalue weighted by molar-refractivity contribution is 9.10. The Hall–Kier alpha value is -2.75. The predicted octanol–water partition coefficient (Wildman–Crippen LogP) is 6.25. The number of ether oxygens (including phenoxy) is 2. The zero-order valence-electron chi connectivity index (χ0n) is 23.8. The number of rotatable bonds is 5. The third kappa shape index (κ3) is 5.81. The minimum atomic E-state index is -0.655. The molecule has 2 aliphatic heterocycles. The number of hydrogen-bond donors (Lipinski definition) is 0. The Balaban J connectivity index is 1.57. The molecule has 1 aromatic carbocycles. The number of benzene rings is 1. The summed E-state index contributed by atoms with van der Waals surface area (Å²) in [4.78, 5) is 21.4. The zero-order valence-corrected chi connectivity index (χ0v) is 26.2. The first-order valence-electron chi connectivity index (χ1n) is 13.8. The van der Waals surface area contributed by atoms with E-state index in [1.165, 1.54) is 0 Å². The molecule has 2 aromatic heterocycles. The fraction of sp³-hybridized carbons (Fsp3) is 0.607. The summed E-state index contributed by atoms with van der Waals surface area (Å²) in [5.41, 5.74) is 0.405. The van der Waals surface area contributed by atoms with E-state index in [9.17, 15) is 10.1 Å². The molecule has 41 heavy (non-hydrogen) atoms. The van der Waals surface area contributed by atoms with Gasteiger partial charge < -0.3 is 14.4 Å². The van der Waals surface area contributed by atoms with Gasteiger partial charge in [-0.15, -0.1) is 5.10 Å². The molecule has 0 spiro atoms. The molecule has 2 saturated heterocycles. The molecule has 3 aromatic rings. The number of nitriles is 1. The number of carbonyl (C=O) groups is 1. The van der Waals surface area contributed by atoms with Crippen molar-refractivity contribution in [3.05, 3.63) is 21.4 Å². The molecule has 0 N–H and O–H groups in total. The Labute approximate surface area is 251 Å². The highest BCUT2D eigenvalue weighted by atomic mass is 79.9. The van der Waals surface area contributed by atoms with Crippen LogP contribution < -0.4 is 4.74 Å². The van der Waals surface area contributed by atoms with Crippen molar-refractivity contribution in [1.82, 2.24) is 29.8 Å². The second-order valence-electron chi connectivity index (χ2n) is 11.9. The summed E-state index contributed by atoms with van der Waals surface area (Å²) >= 11 is 9.64. The molecule has 0 unspecified atom stereocenters. The highest BCUT2D eigenvalue weighted by Crippen LogP contribution is 2.40. The van der Waals surface area contributed by atoms with Crippen molar-refractivity contribution in [3.63, 3.8) is 0 Å². The molecule has 4 atom stereocenters. The van der Waals surface area contributed by atoms with E-state index in [0.717, 1.165) is 19.4 Å². The maximum absolute atomic E-state index is 15.6. The lowest BCUT2D eigenvalue weighted by atomic mass is 9.95. The lowest BCUT2D eigenvalue weighted by Crippen LogP contribution is -2.48. The summed E-state index contributed by atoms with van der Waals surface area (Å²) in [5, 5.41) is 19.2. The molecule has 2 aliphatic rings. The first-order chi connectivity index (χ1) is 19.4. The molecule has 0 saturated carbocycles. The van der Waals surface area contributed by atoms with Crippen molar-refractivity contribution in [2.75, 3.05) is 20.1 Å². The number of hydrogen-bond acceptors (Lipinski definition) is 8. The summed E-state index contributed by atoms with van der Waals surface area (Å²) in [6.07, 6.45) is 2.53. The number of pyridine rings is 1. The Kier molecular flexibility index (Phi) is 8.34. The third-order valence-electron chi connectivity index (χ3n) is 7.91. The van der Waals surface area contributed by atoms with E-state index < -0.39 is 17.5 Å². The Morgan fingerprint density at radius 3 is 2.73 bits per heavy atom. The van der Waals surface area contributed by atoms with Crippen LogP contribution >= 0.6 is 27.5 Å². The van der Waals surface area contributed by atoms with Crippen molar-refractivity contribution >= 4 is 55.6 Å². The number of fused-ring (bicyclic) bond motifs is 3. The molecule has 13 heteroatoms. The standard InChI is InChI=1S/C28H34BrClFN7O3/c1-15(20-7-6-11-36(20)5)40-26-24-25(18-14-19(30)21(29)22(31)23(18)33-26)38(35-34-24)17-9-12-37(16(13-17)8-10-32)27(39)41-28(2,3)4/h14-17,20H,6-9,11-13H2,1-5H3/t15-,16+,17-,20-/m0/s1. The molecule has 220 valence electrons. The summed E-state index contributed by atoms with van der Waals surface area (Å²) in [7, 11) is 2.07.